The molecule has 2 unspecified atom stereocenters. The SMILES string of the molecule is Cc1cnc(C(C)n2c(C(C)Cl)nc3cccnc32)s1. The molecule has 0 aliphatic rings. The van der Waals surface area contributed by atoms with E-state index in [1.54, 1.807) is 17.5 Å². The van der Waals surface area contributed by atoms with E-state index in [4.69, 9.17) is 11.6 Å². The lowest BCUT2D eigenvalue weighted by Gasteiger charge is -2.15. The third-order valence-electron chi connectivity index (χ3n) is 3.22. The van der Waals surface area contributed by atoms with Crippen LogP contribution in [0.15, 0.2) is 24.5 Å². The van der Waals surface area contributed by atoms with Crippen molar-refractivity contribution in [3.8, 4) is 0 Å². The van der Waals surface area contributed by atoms with E-state index in [2.05, 4.69) is 33.4 Å². The molecule has 6 heteroatoms. The van der Waals surface area contributed by atoms with E-state index >= 15 is 0 Å². The van der Waals surface area contributed by atoms with Gasteiger partial charge >= 0.3 is 0 Å². The van der Waals surface area contributed by atoms with Crippen molar-refractivity contribution in [3.05, 3.63) is 40.2 Å². The highest BCUT2D eigenvalue weighted by molar-refractivity contribution is 7.11. The lowest BCUT2D eigenvalue weighted by atomic mass is 10.3. The first-order chi connectivity index (χ1) is 9.58. The number of aromatic nitrogens is 4. The van der Waals surface area contributed by atoms with Gasteiger partial charge in [0, 0.05) is 17.3 Å². The van der Waals surface area contributed by atoms with E-state index in [0.29, 0.717) is 0 Å². The first-order valence-corrected chi connectivity index (χ1v) is 7.72. The normalized spacial score (nSPS) is 14.6. The van der Waals surface area contributed by atoms with Crippen molar-refractivity contribution in [3.63, 3.8) is 0 Å². The van der Waals surface area contributed by atoms with Crippen molar-refractivity contribution in [2.24, 2.45) is 0 Å². The average molecular weight is 307 g/mol. The molecular formula is C14H15ClN4S. The van der Waals surface area contributed by atoms with Crippen LogP contribution in [-0.4, -0.2) is 19.5 Å². The number of pyridine rings is 1. The summed E-state index contributed by atoms with van der Waals surface area (Å²) in [6.45, 7) is 6.10. The Balaban J connectivity index is 2.20. The van der Waals surface area contributed by atoms with Crippen molar-refractivity contribution < 1.29 is 0 Å². The Labute approximate surface area is 126 Å². The summed E-state index contributed by atoms with van der Waals surface area (Å²) in [5.74, 6) is 0.834. The van der Waals surface area contributed by atoms with Gasteiger partial charge in [-0.25, -0.2) is 15.0 Å². The van der Waals surface area contributed by atoms with Crippen LogP contribution in [0.4, 0.5) is 0 Å². The molecule has 0 aliphatic carbocycles. The summed E-state index contributed by atoms with van der Waals surface area (Å²) in [4.78, 5) is 14.7. The highest BCUT2D eigenvalue weighted by atomic mass is 35.5. The zero-order chi connectivity index (χ0) is 14.3. The lowest BCUT2D eigenvalue weighted by Crippen LogP contribution is -2.11. The van der Waals surface area contributed by atoms with E-state index in [1.165, 1.54) is 4.88 Å². The van der Waals surface area contributed by atoms with E-state index in [9.17, 15) is 0 Å². The van der Waals surface area contributed by atoms with Gasteiger partial charge < -0.3 is 4.57 Å². The molecule has 3 heterocycles. The smallest absolute Gasteiger partial charge is 0.160 e. The summed E-state index contributed by atoms with van der Waals surface area (Å²) in [5, 5.41) is 0.874. The van der Waals surface area contributed by atoms with Crippen molar-refractivity contribution in [2.45, 2.75) is 32.2 Å². The maximum Gasteiger partial charge on any atom is 0.160 e. The van der Waals surface area contributed by atoms with E-state index < -0.39 is 0 Å². The van der Waals surface area contributed by atoms with Gasteiger partial charge in [-0.3, -0.25) is 0 Å². The van der Waals surface area contributed by atoms with Gasteiger partial charge in [0.25, 0.3) is 0 Å². The number of thiazole rings is 1. The number of nitrogens with zero attached hydrogens (tertiary/aromatic N) is 4. The Morgan fingerprint density at radius 2 is 2.10 bits per heavy atom. The molecule has 3 aromatic rings. The number of hydrogen-bond donors (Lipinski definition) is 0. The van der Waals surface area contributed by atoms with Crippen molar-refractivity contribution >= 4 is 34.1 Å². The van der Waals surface area contributed by atoms with Gasteiger partial charge in [-0.05, 0) is 32.9 Å². The molecule has 3 rings (SSSR count). The Morgan fingerprint density at radius 3 is 2.75 bits per heavy atom. The number of hydrogen-bond acceptors (Lipinski definition) is 4. The summed E-state index contributed by atoms with van der Waals surface area (Å²) in [6, 6.07) is 3.92. The number of halogens is 1. The fraction of sp³-hybridized carbons (Fsp3) is 0.357. The first-order valence-electron chi connectivity index (χ1n) is 6.47. The minimum atomic E-state index is -0.173. The van der Waals surface area contributed by atoms with Gasteiger partial charge in [-0.2, -0.15) is 0 Å². The minimum absolute atomic E-state index is 0.0739. The molecule has 2 atom stereocenters. The monoisotopic (exact) mass is 306 g/mol. The molecule has 0 spiro atoms. The fourth-order valence-electron chi connectivity index (χ4n) is 2.29. The van der Waals surface area contributed by atoms with Crippen LogP contribution in [-0.2, 0) is 0 Å². The second kappa shape index (κ2) is 5.14. The fourth-order valence-corrected chi connectivity index (χ4v) is 3.26. The van der Waals surface area contributed by atoms with Gasteiger partial charge in [0.2, 0.25) is 0 Å². The molecule has 0 bridgehead atoms. The number of imidazole rings is 1. The Kier molecular flexibility index (Phi) is 3.48. The van der Waals surface area contributed by atoms with Gasteiger partial charge in [0.15, 0.2) is 5.65 Å². The quantitative estimate of drug-likeness (QED) is 0.684. The van der Waals surface area contributed by atoms with Crippen LogP contribution in [0.1, 0.15) is 41.0 Å². The summed E-state index contributed by atoms with van der Waals surface area (Å²) in [5.41, 5.74) is 1.73. The summed E-state index contributed by atoms with van der Waals surface area (Å²) < 4.78 is 2.09. The van der Waals surface area contributed by atoms with E-state index in [1.807, 2.05) is 25.3 Å². The predicted molar refractivity (Wildman–Crippen MR) is 82.5 cm³/mol. The van der Waals surface area contributed by atoms with Crippen LogP contribution in [0.2, 0.25) is 0 Å². The lowest BCUT2D eigenvalue weighted by molar-refractivity contribution is 0.610. The van der Waals surface area contributed by atoms with Crippen molar-refractivity contribution in [1.29, 1.82) is 0 Å². The molecule has 0 aromatic carbocycles. The van der Waals surface area contributed by atoms with Crippen LogP contribution in [0.3, 0.4) is 0 Å². The largest absolute Gasteiger partial charge is 0.302 e. The molecule has 0 aliphatic heterocycles. The molecule has 0 fully saturated rings. The molecule has 0 saturated heterocycles. The van der Waals surface area contributed by atoms with Gasteiger partial charge in [-0.15, -0.1) is 22.9 Å². The highest BCUT2D eigenvalue weighted by Crippen LogP contribution is 2.31. The van der Waals surface area contributed by atoms with Crippen LogP contribution >= 0.6 is 22.9 Å². The van der Waals surface area contributed by atoms with Crippen LogP contribution in [0.5, 0.6) is 0 Å². The summed E-state index contributed by atoms with van der Waals surface area (Å²) in [6.07, 6.45) is 3.68. The zero-order valence-electron chi connectivity index (χ0n) is 11.5. The van der Waals surface area contributed by atoms with Gasteiger partial charge in [0.1, 0.15) is 16.3 Å². The van der Waals surface area contributed by atoms with E-state index in [0.717, 1.165) is 22.0 Å². The minimum Gasteiger partial charge on any atom is -0.302 e. The Morgan fingerprint density at radius 1 is 1.30 bits per heavy atom. The second-order valence-corrected chi connectivity index (χ2v) is 6.71. The third-order valence-corrected chi connectivity index (χ3v) is 4.49. The van der Waals surface area contributed by atoms with Crippen LogP contribution in [0, 0.1) is 6.92 Å². The van der Waals surface area contributed by atoms with E-state index in [-0.39, 0.29) is 11.4 Å². The molecular weight excluding hydrogens is 292 g/mol. The highest BCUT2D eigenvalue weighted by Gasteiger charge is 2.22. The molecule has 104 valence electrons. The summed E-state index contributed by atoms with van der Waals surface area (Å²) >= 11 is 7.98. The van der Waals surface area contributed by atoms with Gasteiger partial charge in [-0.1, -0.05) is 0 Å². The standard InChI is InChI=1S/C14H15ClN4S/c1-8-7-17-14(20-8)10(3)19-12(9(2)15)18-11-5-4-6-16-13(11)19/h4-7,9-10H,1-3H3. The Bertz CT molecular complexity index is 747. The van der Waals surface area contributed by atoms with Gasteiger partial charge in [0.05, 0.1) is 11.4 Å². The first kappa shape index (κ1) is 13.5. The van der Waals surface area contributed by atoms with Crippen LogP contribution < -0.4 is 0 Å². The predicted octanol–water partition coefficient (Wildman–Crippen LogP) is 4.11. The molecule has 4 nitrogen and oxygen atoms in total. The number of aryl methyl sites for hydroxylation is 1. The van der Waals surface area contributed by atoms with Crippen molar-refractivity contribution in [2.75, 3.05) is 0 Å². The van der Waals surface area contributed by atoms with Crippen molar-refractivity contribution in [1.82, 2.24) is 19.5 Å². The maximum absolute atomic E-state index is 6.29. The number of alkyl halides is 1. The molecule has 0 N–H and O–H groups in total. The molecule has 20 heavy (non-hydrogen) atoms. The molecule has 0 saturated carbocycles. The average Bonchev–Trinajstić information content (AvgIpc) is 3.01. The molecule has 0 radical (unpaired) electrons. The van der Waals surface area contributed by atoms with Crippen LogP contribution in [0.25, 0.3) is 11.2 Å². The maximum atomic E-state index is 6.29. The number of rotatable bonds is 3. The second-order valence-electron chi connectivity index (χ2n) is 4.79. The topological polar surface area (TPSA) is 43.6 Å². The molecule has 3 aromatic heterocycles. The third kappa shape index (κ3) is 2.21. The Hall–Kier alpha value is -1.46. The molecule has 0 amide bonds. The summed E-state index contributed by atoms with van der Waals surface area (Å²) in [7, 11) is 0. The zero-order valence-corrected chi connectivity index (χ0v) is 13.1. The number of fused-ring (bicyclic) bond motifs is 1.